The molecule has 0 atom stereocenters. The number of hydrogen-bond acceptors (Lipinski definition) is 6. The minimum Gasteiger partial charge on any atom is -0.496 e. The molecule has 5 aromatic rings. The highest BCUT2D eigenvalue weighted by Crippen LogP contribution is 2.34. The summed E-state index contributed by atoms with van der Waals surface area (Å²) in [4.78, 5) is 18.8. The van der Waals surface area contributed by atoms with Gasteiger partial charge in [0, 0.05) is 16.3 Å². The van der Waals surface area contributed by atoms with Crippen molar-refractivity contribution in [1.29, 1.82) is 0 Å². The smallest absolute Gasteiger partial charge is 0.267 e. The molecule has 0 bridgehead atoms. The zero-order valence-corrected chi connectivity index (χ0v) is 18.8. The predicted molar refractivity (Wildman–Crippen MR) is 126 cm³/mol. The number of carbonyl (C=O) groups is 1. The number of para-hydroxylation sites is 1. The molecular weight excluding hydrogens is 447 g/mol. The number of carbonyl (C=O) groups excluding carboxylic acids is 1. The number of nitrogens with one attached hydrogen (secondary N) is 1. The van der Waals surface area contributed by atoms with Crippen LogP contribution in [0.2, 0.25) is 0 Å². The van der Waals surface area contributed by atoms with Gasteiger partial charge >= 0.3 is 0 Å². The lowest BCUT2D eigenvalue weighted by Gasteiger charge is -2.05. The molecule has 0 unspecified atom stereocenters. The first-order valence-corrected chi connectivity index (χ1v) is 11.4. The number of thiophene rings is 1. The number of benzene rings is 2. The van der Waals surface area contributed by atoms with Crippen molar-refractivity contribution < 1.29 is 13.9 Å². The molecule has 0 saturated carbocycles. The van der Waals surface area contributed by atoms with Gasteiger partial charge in [-0.2, -0.15) is 5.10 Å². The molecule has 0 aliphatic rings. The summed E-state index contributed by atoms with van der Waals surface area (Å²) in [5.41, 5.74) is 2.86. The van der Waals surface area contributed by atoms with Gasteiger partial charge in [-0.05, 0) is 43.3 Å². The minimum atomic E-state index is -0.382. The molecule has 9 heteroatoms. The summed E-state index contributed by atoms with van der Waals surface area (Å²) in [6, 6.07) is 15.9. The molecule has 3 aromatic heterocycles. The van der Waals surface area contributed by atoms with Gasteiger partial charge in [-0.3, -0.25) is 10.1 Å². The highest BCUT2D eigenvalue weighted by molar-refractivity contribution is 7.20. The Morgan fingerprint density at radius 2 is 1.97 bits per heavy atom. The summed E-state index contributed by atoms with van der Waals surface area (Å²) in [6.07, 6.45) is 0. The van der Waals surface area contributed by atoms with Crippen LogP contribution in [0.25, 0.3) is 27.2 Å². The van der Waals surface area contributed by atoms with Crippen LogP contribution in [-0.2, 0) is 0 Å². The molecule has 160 valence electrons. The lowest BCUT2D eigenvalue weighted by molar-refractivity contribution is 0.103. The first-order valence-electron chi connectivity index (χ1n) is 9.69. The van der Waals surface area contributed by atoms with Crippen LogP contribution in [0.15, 0.2) is 60.0 Å². The molecule has 1 N–H and O–H groups in total. The van der Waals surface area contributed by atoms with Gasteiger partial charge in [0.15, 0.2) is 5.13 Å². The Morgan fingerprint density at radius 1 is 1.16 bits per heavy atom. The topological polar surface area (TPSA) is 69.0 Å². The maximum absolute atomic E-state index is 13.7. The van der Waals surface area contributed by atoms with Gasteiger partial charge < -0.3 is 4.74 Å². The van der Waals surface area contributed by atoms with Gasteiger partial charge in [-0.1, -0.05) is 18.2 Å². The van der Waals surface area contributed by atoms with Crippen LogP contribution < -0.4 is 10.1 Å². The summed E-state index contributed by atoms with van der Waals surface area (Å²) in [5.74, 6) is -0.121. The van der Waals surface area contributed by atoms with Crippen molar-refractivity contribution in [2.75, 3.05) is 12.4 Å². The number of amides is 1. The van der Waals surface area contributed by atoms with Crippen molar-refractivity contribution in [2.24, 2.45) is 0 Å². The van der Waals surface area contributed by atoms with Crippen molar-refractivity contribution in [3.63, 3.8) is 0 Å². The number of aromatic nitrogens is 3. The molecule has 3 heterocycles. The van der Waals surface area contributed by atoms with E-state index < -0.39 is 0 Å². The second-order valence-electron chi connectivity index (χ2n) is 7.00. The van der Waals surface area contributed by atoms with Gasteiger partial charge in [-0.25, -0.2) is 14.1 Å². The fourth-order valence-electron chi connectivity index (χ4n) is 3.40. The number of methoxy groups -OCH3 is 1. The standard InChI is InChI=1S/C23H17FN4O2S2/c1-13-16-11-20(32-22(16)28(27-13)15-6-4-3-5-7-15)21(29)26-23-25-18(12-31-23)17-10-14(24)8-9-19(17)30-2/h3-12H,1-2H3,(H,25,26,29). The molecule has 0 aliphatic carbocycles. The molecule has 0 radical (unpaired) electrons. The minimum absolute atomic E-state index is 0.252. The molecule has 2 aromatic carbocycles. The zero-order valence-electron chi connectivity index (χ0n) is 17.1. The van der Waals surface area contributed by atoms with Gasteiger partial charge in [0.25, 0.3) is 5.91 Å². The third kappa shape index (κ3) is 3.65. The van der Waals surface area contributed by atoms with E-state index in [-0.39, 0.29) is 11.7 Å². The molecule has 0 saturated heterocycles. The lowest BCUT2D eigenvalue weighted by Crippen LogP contribution is -2.09. The molecule has 0 spiro atoms. The Bertz CT molecular complexity index is 1440. The average molecular weight is 465 g/mol. The summed E-state index contributed by atoms with van der Waals surface area (Å²) >= 11 is 2.64. The Kier molecular flexibility index (Phi) is 5.20. The number of ether oxygens (including phenoxy) is 1. The van der Waals surface area contributed by atoms with Crippen LogP contribution >= 0.6 is 22.7 Å². The number of halogens is 1. The quantitative estimate of drug-likeness (QED) is 0.351. The van der Waals surface area contributed by atoms with Crippen molar-refractivity contribution in [1.82, 2.24) is 14.8 Å². The Balaban J connectivity index is 1.42. The molecule has 1 amide bonds. The lowest BCUT2D eigenvalue weighted by atomic mass is 10.1. The third-order valence-corrected chi connectivity index (χ3v) is 6.80. The Labute approximate surface area is 190 Å². The van der Waals surface area contributed by atoms with E-state index in [1.807, 2.05) is 48.0 Å². The average Bonchev–Trinajstić information content (AvgIpc) is 3.51. The van der Waals surface area contributed by atoms with Crippen LogP contribution in [0, 0.1) is 12.7 Å². The van der Waals surface area contributed by atoms with Crippen LogP contribution in [0.5, 0.6) is 5.75 Å². The van der Waals surface area contributed by atoms with E-state index in [0.29, 0.717) is 27.0 Å². The number of fused-ring (bicyclic) bond motifs is 1. The number of hydrogen-bond donors (Lipinski definition) is 1. The van der Waals surface area contributed by atoms with Crippen LogP contribution in [0.1, 0.15) is 15.4 Å². The maximum atomic E-state index is 13.7. The van der Waals surface area contributed by atoms with E-state index >= 15 is 0 Å². The van der Waals surface area contributed by atoms with Gasteiger partial charge in [0.05, 0.1) is 29.1 Å². The Hall–Kier alpha value is -3.56. The highest BCUT2D eigenvalue weighted by atomic mass is 32.1. The first kappa shape index (κ1) is 20.3. The maximum Gasteiger partial charge on any atom is 0.267 e. The van der Waals surface area contributed by atoms with Crippen molar-refractivity contribution in [2.45, 2.75) is 6.92 Å². The van der Waals surface area contributed by atoms with Crippen molar-refractivity contribution in [3.8, 4) is 22.7 Å². The molecular formula is C23H17FN4O2S2. The normalized spacial score (nSPS) is 11.1. The largest absolute Gasteiger partial charge is 0.496 e. The van der Waals surface area contributed by atoms with Crippen molar-refractivity contribution >= 4 is 43.9 Å². The second-order valence-corrected chi connectivity index (χ2v) is 8.89. The van der Waals surface area contributed by atoms with Gasteiger partial charge in [0.2, 0.25) is 0 Å². The third-order valence-electron chi connectivity index (χ3n) is 4.93. The van der Waals surface area contributed by atoms with E-state index in [4.69, 9.17) is 4.74 Å². The first-order chi connectivity index (χ1) is 15.5. The molecule has 32 heavy (non-hydrogen) atoms. The summed E-state index contributed by atoms with van der Waals surface area (Å²) in [6.45, 7) is 1.93. The van der Waals surface area contributed by atoms with E-state index in [0.717, 1.165) is 21.6 Å². The number of nitrogens with zero attached hydrogens (tertiary/aromatic N) is 3. The molecule has 0 fully saturated rings. The van der Waals surface area contributed by atoms with E-state index in [2.05, 4.69) is 15.4 Å². The zero-order chi connectivity index (χ0) is 22.2. The van der Waals surface area contributed by atoms with E-state index in [1.165, 1.54) is 41.9 Å². The molecule has 0 aliphatic heterocycles. The van der Waals surface area contributed by atoms with Crippen molar-refractivity contribution in [3.05, 3.63) is 76.4 Å². The van der Waals surface area contributed by atoms with Gasteiger partial charge in [-0.15, -0.1) is 22.7 Å². The summed E-state index contributed by atoms with van der Waals surface area (Å²) < 4.78 is 20.9. The predicted octanol–water partition coefficient (Wildman–Crippen LogP) is 5.92. The monoisotopic (exact) mass is 464 g/mol. The van der Waals surface area contributed by atoms with Gasteiger partial charge in [0.1, 0.15) is 16.4 Å². The summed E-state index contributed by atoms with van der Waals surface area (Å²) in [5, 5.41) is 10.6. The van der Waals surface area contributed by atoms with E-state index in [1.54, 1.807) is 11.4 Å². The van der Waals surface area contributed by atoms with Crippen LogP contribution in [-0.4, -0.2) is 27.8 Å². The SMILES string of the molecule is COc1ccc(F)cc1-c1csc(NC(=O)c2cc3c(C)nn(-c4ccccc4)c3s2)n1. The second kappa shape index (κ2) is 8.18. The highest BCUT2D eigenvalue weighted by Gasteiger charge is 2.19. The van der Waals surface area contributed by atoms with Crippen LogP contribution in [0.3, 0.4) is 0 Å². The number of anilines is 1. The fraction of sp³-hybridized carbons (Fsp3) is 0.0870. The number of thiazole rings is 1. The fourth-order valence-corrected chi connectivity index (χ4v) is 5.18. The molecule has 6 nitrogen and oxygen atoms in total. The number of rotatable bonds is 5. The Morgan fingerprint density at radius 3 is 2.75 bits per heavy atom. The molecule has 5 rings (SSSR count). The van der Waals surface area contributed by atoms with Crippen LogP contribution in [0.4, 0.5) is 9.52 Å². The summed E-state index contributed by atoms with van der Waals surface area (Å²) in [7, 11) is 1.52. The van der Waals surface area contributed by atoms with E-state index in [9.17, 15) is 9.18 Å². The number of aryl methyl sites for hydroxylation is 1.